The van der Waals surface area contributed by atoms with Crippen molar-refractivity contribution in [3.8, 4) is 0 Å². The average molecular weight is 256 g/mol. The first-order valence-corrected chi connectivity index (χ1v) is 6.30. The van der Waals surface area contributed by atoms with Gasteiger partial charge in [0, 0.05) is 25.3 Å². The zero-order valence-electron chi connectivity index (χ0n) is 10.2. The smallest absolute Gasteiger partial charge is 0.268 e. The number of rotatable bonds is 2. The minimum Gasteiger partial charge on any atom is -0.348 e. The maximum absolute atomic E-state index is 12.0. The number of hydrogen-bond donors (Lipinski definition) is 2. The van der Waals surface area contributed by atoms with Crippen LogP contribution in [0.1, 0.15) is 30.3 Å². The molecule has 5 heteroatoms. The first kappa shape index (κ1) is 12.5. The van der Waals surface area contributed by atoms with Crippen LogP contribution in [0.25, 0.3) is 0 Å². The van der Waals surface area contributed by atoms with E-state index in [0.717, 1.165) is 19.4 Å². The Kier molecular flexibility index (Phi) is 3.74. The Morgan fingerprint density at radius 1 is 1.65 bits per heavy atom. The molecule has 2 heterocycles. The molecule has 2 N–H and O–H groups in total. The molecule has 1 saturated heterocycles. The van der Waals surface area contributed by atoms with E-state index in [-0.39, 0.29) is 11.9 Å². The molecule has 0 aromatic carbocycles. The van der Waals surface area contributed by atoms with Crippen molar-refractivity contribution in [2.24, 2.45) is 7.05 Å². The number of carbonyl (C=O) groups is 1. The number of hydrogen-bond acceptors (Lipinski definition) is 2. The van der Waals surface area contributed by atoms with Crippen molar-refractivity contribution in [3.05, 3.63) is 23.0 Å². The molecule has 1 aliphatic rings. The van der Waals surface area contributed by atoms with E-state index < -0.39 is 0 Å². The highest BCUT2D eigenvalue weighted by Crippen LogP contribution is 2.14. The van der Waals surface area contributed by atoms with Crippen LogP contribution in [-0.2, 0) is 7.05 Å². The fourth-order valence-corrected chi connectivity index (χ4v) is 2.52. The summed E-state index contributed by atoms with van der Waals surface area (Å²) in [5.41, 5.74) is 0.612. The predicted octanol–water partition coefficient (Wildman–Crippen LogP) is 1.55. The average Bonchev–Trinajstić information content (AvgIpc) is 2.58. The van der Waals surface area contributed by atoms with E-state index >= 15 is 0 Å². The lowest BCUT2D eigenvalue weighted by molar-refractivity contribution is 0.0917. The second-order valence-corrected chi connectivity index (χ2v) is 5.14. The minimum absolute atomic E-state index is 0.0431. The summed E-state index contributed by atoms with van der Waals surface area (Å²) in [5, 5.41) is 7.02. The van der Waals surface area contributed by atoms with E-state index in [4.69, 9.17) is 11.6 Å². The van der Waals surface area contributed by atoms with Gasteiger partial charge in [0.25, 0.3) is 5.91 Å². The van der Waals surface area contributed by atoms with Crippen molar-refractivity contribution in [2.45, 2.75) is 31.8 Å². The highest BCUT2D eigenvalue weighted by atomic mass is 35.5. The minimum atomic E-state index is -0.0431. The Morgan fingerprint density at radius 3 is 3.00 bits per heavy atom. The monoisotopic (exact) mass is 255 g/mol. The maximum Gasteiger partial charge on any atom is 0.268 e. The first-order chi connectivity index (χ1) is 8.06. The molecule has 1 aliphatic heterocycles. The molecule has 1 aromatic rings. The Labute approximate surface area is 106 Å². The van der Waals surface area contributed by atoms with E-state index in [1.165, 1.54) is 0 Å². The van der Waals surface area contributed by atoms with Crippen molar-refractivity contribution in [3.63, 3.8) is 0 Å². The van der Waals surface area contributed by atoms with Gasteiger partial charge in [-0.3, -0.25) is 4.79 Å². The van der Waals surface area contributed by atoms with Gasteiger partial charge in [0.05, 0.1) is 5.02 Å². The van der Waals surface area contributed by atoms with Gasteiger partial charge in [-0.15, -0.1) is 0 Å². The van der Waals surface area contributed by atoms with Crippen LogP contribution in [0.3, 0.4) is 0 Å². The Morgan fingerprint density at radius 2 is 2.41 bits per heavy atom. The fraction of sp³-hybridized carbons (Fsp3) is 0.583. The number of piperidine rings is 1. The third-order valence-corrected chi connectivity index (χ3v) is 3.37. The largest absolute Gasteiger partial charge is 0.348 e. The summed E-state index contributed by atoms with van der Waals surface area (Å²) in [6.45, 7) is 3.09. The third kappa shape index (κ3) is 3.01. The molecule has 0 spiro atoms. The van der Waals surface area contributed by atoms with Crippen molar-refractivity contribution in [1.29, 1.82) is 0 Å². The number of nitrogens with one attached hydrogen (secondary N) is 2. The lowest BCUT2D eigenvalue weighted by Gasteiger charge is -2.28. The number of aromatic nitrogens is 1. The number of carbonyl (C=O) groups excluding carboxylic acids is 1. The summed E-state index contributed by atoms with van der Waals surface area (Å²) in [7, 11) is 1.83. The van der Waals surface area contributed by atoms with Crippen LogP contribution in [0.15, 0.2) is 12.3 Å². The third-order valence-electron chi connectivity index (χ3n) is 3.16. The van der Waals surface area contributed by atoms with Crippen LogP contribution in [0.4, 0.5) is 0 Å². The Hall–Kier alpha value is -1.00. The number of aryl methyl sites for hydroxylation is 1. The molecular formula is C12H18ClN3O. The van der Waals surface area contributed by atoms with E-state index in [1.807, 2.05) is 7.05 Å². The first-order valence-electron chi connectivity index (χ1n) is 5.92. The highest BCUT2D eigenvalue weighted by Gasteiger charge is 2.21. The van der Waals surface area contributed by atoms with Crippen LogP contribution < -0.4 is 10.6 Å². The second-order valence-electron chi connectivity index (χ2n) is 4.70. The van der Waals surface area contributed by atoms with Crippen LogP contribution in [0.2, 0.25) is 5.02 Å². The molecule has 2 rings (SSSR count). The molecule has 2 atom stereocenters. The molecular weight excluding hydrogens is 238 g/mol. The molecule has 4 nitrogen and oxygen atoms in total. The molecule has 17 heavy (non-hydrogen) atoms. The lowest BCUT2D eigenvalue weighted by Crippen LogP contribution is -2.46. The van der Waals surface area contributed by atoms with Gasteiger partial charge >= 0.3 is 0 Å². The topological polar surface area (TPSA) is 46.1 Å². The Bertz CT molecular complexity index is 416. The molecule has 1 aromatic heterocycles. The van der Waals surface area contributed by atoms with Gasteiger partial charge in [0.1, 0.15) is 5.69 Å². The van der Waals surface area contributed by atoms with Crippen LogP contribution in [-0.4, -0.2) is 29.1 Å². The summed E-state index contributed by atoms with van der Waals surface area (Å²) >= 11 is 5.86. The molecule has 1 amide bonds. The van der Waals surface area contributed by atoms with Gasteiger partial charge < -0.3 is 15.2 Å². The van der Waals surface area contributed by atoms with Crippen molar-refractivity contribution in [2.75, 3.05) is 6.54 Å². The van der Waals surface area contributed by atoms with Gasteiger partial charge in [-0.1, -0.05) is 11.6 Å². The fourth-order valence-electron chi connectivity index (χ4n) is 2.27. The van der Waals surface area contributed by atoms with Gasteiger partial charge in [0.15, 0.2) is 0 Å². The van der Waals surface area contributed by atoms with E-state index in [9.17, 15) is 4.79 Å². The number of amides is 1. The van der Waals surface area contributed by atoms with Crippen molar-refractivity contribution in [1.82, 2.24) is 15.2 Å². The standard InChI is InChI=1S/C12H18ClN3O/c1-8-5-10(3-4-14-8)15-12(17)11-6-9(13)7-16(11)2/h6-8,10,14H,3-5H2,1-2H3,(H,15,17). The van der Waals surface area contributed by atoms with Crippen LogP contribution >= 0.6 is 11.6 Å². The molecule has 2 unspecified atom stereocenters. The van der Waals surface area contributed by atoms with Crippen molar-refractivity contribution < 1.29 is 4.79 Å². The SMILES string of the molecule is CC1CC(NC(=O)c2cc(Cl)cn2C)CCN1. The van der Waals surface area contributed by atoms with Gasteiger partial charge in [0.2, 0.25) is 0 Å². The van der Waals surface area contributed by atoms with Gasteiger partial charge in [-0.05, 0) is 32.4 Å². The maximum atomic E-state index is 12.0. The highest BCUT2D eigenvalue weighted by molar-refractivity contribution is 6.31. The number of halogens is 1. The van der Waals surface area contributed by atoms with Gasteiger partial charge in [-0.2, -0.15) is 0 Å². The summed E-state index contributed by atoms with van der Waals surface area (Å²) in [6.07, 6.45) is 3.69. The second kappa shape index (κ2) is 5.10. The summed E-state index contributed by atoms with van der Waals surface area (Å²) in [6, 6.07) is 2.42. The van der Waals surface area contributed by atoms with Gasteiger partial charge in [-0.25, -0.2) is 0 Å². The van der Waals surface area contributed by atoms with E-state index in [1.54, 1.807) is 16.8 Å². The zero-order valence-corrected chi connectivity index (χ0v) is 10.9. The molecule has 0 bridgehead atoms. The molecule has 0 saturated carbocycles. The molecule has 94 valence electrons. The molecule has 0 aliphatic carbocycles. The normalized spacial score (nSPS) is 24.6. The van der Waals surface area contributed by atoms with E-state index in [0.29, 0.717) is 16.8 Å². The summed E-state index contributed by atoms with van der Waals surface area (Å²) in [4.78, 5) is 12.0. The quantitative estimate of drug-likeness (QED) is 0.842. The molecule has 0 radical (unpaired) electrons. The van der Waals surface area contributed by atoms with E-state index in [2.05, 4.69) is 17.6 Å². The van der Waals surface area contributed by atoms with Crippen molar-refractivity contribution >= 4 is 17.5 Å². The zero-order chi connectivity index (χ0) is 12.4. The van der Waals surface area contributed by atoms with Crippen LogP contribution in [0, 0.1) is 0 Å². The molecule has 1 fully saturated rings. The number of nitrogens with zero attached hydrogens (tertiary/aromatic N) is 1. The lowest BCUT2D eigenvalue weighted by atomic mass is 10.0. The Balaban J connectivity index is 1.99. The summed E-state index contributed by atoms with van der Waals surface area (Å²) < 4.78 is 1.75. The summed E-state index contributed by atoms with van der Waals surface area (Å²) in [5.74, 6) is -0.0431. The predicted molar refractivity (Wildman–Crippen MR) is 68.4 cm³/mol. The van der Waals surface area contributed by atoms with Crippen LogP contribution in [0.5, 0.6) is 0 Å².